The third-order valence-electron chi connectivity index (χ3n) is 5.43. The van der Waals surface area contributed by atoms with E-state index < -0.39 is 0 Å². The molecule has 0 bridgehead atoms. The van der Waals surface area contributed by atoms with Gasteiger partial charge in [0.15, 0.2) is 0 Å². The van der Waals surface area contributed by atoms with Crippen molar-refractivity contribution in [1.29, 1.82) is 0 Å². The van der Waals surface area contributed by atoms with E-state index >= 15 is 0 Å². The van der Waals surface area contributed by atoms with Gasteiger partial charge in [-0.2, -0.15) is 0 Å². The smallest absolute Gasteiger partial charge is 0.0802 e. The van der Waals surface area contributed by atoms with Crippen LogP contribution >= 0.6 is 0 Å². The first-order chi connectivity index (χ1) is 10.1. The number of rotatable bonds is 4. The van der Waals surface area contributed by atoms with E-state index in [9.17, 15) is 5.11 Å². The number of piperidine rings is 1. The number of aryl methyl sites for hydroxylation is 2. The fourth-order valence-corrected chi connectivity index (χ4v) is 4.49. The van der Waals surface area contributed by atoms with Gasteiger partial charge in [-0.3, -0.25) is 0 Å². The normalized spacial score (nSPS) is 27.6. The summed E-state index contributed by atoms with van der Waals surface area (Å²) in [6.07, 6.45) is 7.55. The molecule has 2 aliphatic rings. The van der Waals surface area contributed by atoms with E-state index in [1.807, 2.05) is 0 Å². The Kier molecular flexibility index (Phi) is 4.66. The Balaban J connectivity index is 1.59. The number of hydrogen-bond donors (Lipinski definition) is 1. The van der Waals surface area contributed by atoms with Gasteiger partial charge in [0.2, 0.25) is 0 Å². The summed E-state index contributed by atoms with van der Waals surface area (Å²) in [6, 6.07) is 7.24. The van der Waals surface area contributed by atoms with E-state index in [1.54, 1.807) is 0 Å². The lowest BCUT2D eigenvalue weighted by Gasteiger charge is -2.38. The Morgan fingerprint density at radius 2 is 1.81 bits per heavy atom. The number of aliphatic hydroxyl groups excluding tert-OH is 1. The van der Waals surface area contributed by atoms with Crippen LogP contribution in [-0.2, 0) is 0 Å². The maximum Gasteiger partial charge on any atom is 0.0802 e. The van der Waals surface area contributed by atoms with E-state index in [0.717, 1.165) is 30.5 Å². The summed E-state index contributed by atoms with van der Waals surface area (Å²) in [6.45, 7) is 6.50. The summed E-state index contributed by atoms with van der Waals surface area (Å²) in [5.41, 5.74) is 3.59. The van der Waals surface area contributed by atoms with Crippen LogP contribution in [0.2, 0.25) is 0 Å². The monoisotopic (exact) mass is 287 g/mol. The van der Waals surface area contributed by atoms with Gasteiger partial charge in [-0.05, 0) is 64.0 Å². The summed E-state index contributed by atoms with van der Waals surface area (Å²) in [4.78, 5) is 2.66. The van der Waals surface area contributed by atoms with Crippen molar-refractivity contribution in [3.63, 3.8) is 0 Å². The van der Waals surface area contributed by atoms with Crippen molar-refractivity contribution in [1.82, 2.24) is 4.90 Å². The zero-order chi connectivity index (χ0) is 14.8. The van der Waals surface area contributed by atoms with Crippen LogP contribution in [0.1, 0.15) is 61.3 Å². The molecule has 1 aromatic rings. The van der Waals surface area contributed by atoms with Gasteiger partial charge in [-0.1, -0.05) is 35.7 Å². The highest BCUT2D eigenvalue weighted by Gasteiger charge is 2.34. The first-order valence-electron chi connectivity index (χ1n) is 8.64. The van der Waals surface area contributed by atoms with E-state index in [1.165, 1.54) is 49.8 Å². The zero-order valence-electron chi connectivity index (χ0n) is 13.5. The number of aliphatic hydroxyl groups is 1. The highest BCUT2D eigenvalue weighted by Crippen LogP contribution is 2.37. The Morgan fingerprint density at radius 3 is 2.57 bits per heavy atom. The summed E-state index contributed by atoms with van der Waals surface area (Å²) < 4.78 is 0. The topological polar surface area (TPSA) is 23.5 Å². The molecule has 1 N–H and O–H groups in total. The predicted molar refractivity (Wildman–Crippen MR) is 87.4 cm³/mol. The molecule has 3 atom stereocenters. The number of nitrogens with zero attached hydrogens (tertiary/aromatic N) is 1. The summed E-state index contributed by atoms with van der Waals surface area (Å²) >= 11 is 0. The molecule has 1 saturated carbocycles. The van der Waals surface area contributed by atoms with Crippen LogP contribution in [0.25, 0.3) is 0 Å². The molecule has 1 aliphatic carbocycles. The summed E-state index contributed by atoms with van der Waals surface area (Å²) in [5.74, 6) is 0.942. The zero-order valence-corrected chi connectivity index (χ0v) is 13.5. The molecule has 2 nitrogen and oxygen atoms in total. The molecular formula is C19H29NO. The number of benzene rings is 1. The Labute approximate surface area is 129 Å². The molecule has 0 spiro atoms. The fourth-order valence-electron chi connectivity index (χ4n) is 4.49. The van der Waals surface area contributed by atoms with Gasteiger partial charge in [0.25, 0.3) is 0 Å². The maximum absolute atomic E-state index is 10.5. The number of hydrogen-bond acceptors (Lipinski definition) is 2. The van der Waals surface area contributed by atoms with Crippen LogP contribution in [-0.4, -0.2) is 29.1 Å². The molecule has 2 heteroatoms. The quantitative estimate of drug-likeness (QED) is 0.905. The van der Waals surface area contributed by atoms with Crippen LogP contribution in [0.15, 0.2) is 18.2 Å². The third-order valence-corrected chi connectivity index (χ3v) is 5.43. The van der Waals surface area contributed by atoms with E-state index in [0.29, 0.717) is 0 Å². The molecule has 21 heavy (non-hydrogen) atoms. The molecular weight excluding hydrogens is 258 g/mol. The minimum atomic E-state index is -0.314. The van der Waals surface area contributed by atoms with E-state index in [-0.39, 0.29) is 6.10 Å². The van der Waals surface area contributed by atoms with Crippen LogP contribution in [0.3, 0.4) is 0 Å². The van der Waals surface area contributed by atoms with Crippen molar-refractivity contribution >= 4 is 0 Å². The molecule has 0 amide bonds. The Bertz CT molecular complexity index is 464. The highest BCUT2D eigenvalue weighted by molar-refractivity contribution is 5.29. The van der Waals surface area contributed by atoms with Crippen molar-refractivity contribution in [3.8, 4) is 0 Å². The van der Waals surface area contributed by atoms with Crippen molar-refractivity contribution in [2.24, 2.45) is 5.92 Å². The standard InChI is InChI=1S/C19H29NO/c1-14-11-15(2)13-17(12-14)19(21)8-10-20-9-4-6-16-5-3-7-18(16)20/h11-13,16,18-19,21H,3-10H2,1-2H3. The highest BCUT2D eigenvalue weighted by atomic mass is 16.3. The molecule has 2 fully saturated rings. The predicted octanol–water partition coefficient (Wildman–Crippen LogP) is 3.99. The lowest BCUT2D eigenvalue weighted by atomic mass is 9.91. The van der Waals surface area contributed by atoms with E-state index in [2.05, 4.69) is 36.9 Å². The molecule has 1 aromatic carbocycles. The van der Waals surface area contributed by atoms with Gasteiger partial charge < -0.3 is 10.0 Å². The largest absolute Gasteiger partial charge is 0.388 e. The first kappa shape index (κ1) is 15.1. The number of likely N-dealkylation sites (tertiary alicyclic amines) is 1. The van der Waals surface area contributed by atoms with Crippen LogP contribution < -0.4 is 0 Å². The molecule has 3 unspecified atom stereocenters. The third kappa shape index (κ3) is 3.49. The molecule has 116 valence electrons. The summed E-state index contributed by atoms with van der Waals surface area (Å²) in [5, 5.41) is 10.5. The summed E-state index contributed by atoms with van der Waals surface area (Å²) in [7, 11) is 0. The van der Waals surface area contributed by atoms with Gasteiger partial charge in [-0.15, -0.1) is 0 Å². The van der Waals surface area contributed by atoms with Gasteiger partial charge in [0.1, 0.15) is 0 Å². The lowest BCUT2D eigenvalue weighted by Crippen LogP contribution is -2.43. The minimum absolute atomic E-state index is 0.314. The lowest BCUT2D eigenvalue weighted by molar-refractivity contribution is 0.0834. The van der Waals surface area contributed by atoms with E-state index in [4.69, 9.17) is 0 Å². The second-order valence-electron chi connectivity index (χ2n) is 7.16. The first-order valence-corrected chi connectivity index (χ1v) is 8.64. The van der Waals surface area contributed by atoms with Gasteiger partial charge in [0, 0.05) is 12.6 Å². The number of fused-ring (bicyclic) bond motifs is 1. The molecule has 0 radical (unpaired) electrons. The van der Waals surface area contributed by atoms with Crippen LogP contribution in [0, 0.1) is 19.8 Å². The SMILES string of the molecule is Cc1cc(C)cc(C(O)CCN2CCCC3CCCC32)c1. The van der Waals surface area contributed by atoms with Crippen LogP contribution in [0.5, 0.6) is 0 Å². The molecule has 1 heterocycles. The molecule has 1 saturated heterocycles. The van der Waals surface area contributed by atoms with Crippen LogP contribution in [0.4, 0.5) is 0 Å². The Hall–Kier alpha value is -0.860. The van der Waals surface area contributed by atoms with Crippen molar-refractivity contribution < 1.29 is 5.11 Å². The average Bonchev–Trinajstić information content (AvgIpc) is 2.92. The second-order valence-corrected chi connectivity index (χ2v) is 7.16. The molecule has 1 aliphatic heterocycles. The average molecular weight is 287 g/mol. The maximum atomic E-state index is 10.5. The van der Waals surface area contributed by atoms with Crippen molar-refractivity contribution in [2.75, 3.05) is 13.1 Å². The van der Waals surface area contributed by atoms with Gasteiger partial charge in [0.05, 0.1) is 6.10 Å². The van der Waals surface area contributed by atoms with Gasteiger partial charge >= 0.3 is 0 Å². The second kappa shape index (κ2) is 6.50. The molecule has 0 aromatic heterocycles. The van der Waals surface area contributed by atoms with Crippen molar-refractivity contribution in [2.45, 2.75) is 64.5 Å². The Morgan fingerprint density at radius 1 is 1.10 bits per heavy atom. The fraction of sp³-hybridized carbons (Fsp3) is 0.684. The minimum Gasteiger partial charge on any atom is -0.388 e. The van der Waals surface area contributed by atoms with Crippen molar-refractivity contribution in [3.05, 3.63) is 34.9 Å². The van der Waals surface area contributed by atoms with Gasteiger partial charge in [-0.25, -0.2) is 0 Å². The molecule has 3 rings (SSSR count).